The standard InChI is InChI=1S/C18H19ClN2O2/c1-21-9-8-14-12(11-21)4-3-5-16(14)20-18(22)15-10-13(19)6-7-17(15)23-2/h3-7,10H,8-9,11H2,1-2H3,(H,20,22). The van der Waals surface area contributed by atoms with E-state index < -0.39 is 0 Å². The molecule has 23 heavy (non-hydrogen) atoms. The van der Waals surface area contributed by atoms with Gasteiger partial charge in [0.1, 0.15) is 5.75 Å². The number of anilines is 1. The molecule has 1 aliphatic heterocycles. The van der Waals surface area contributed by atoms with Gasteiger partial charge in [0.05, 0.1) is 12.7 Å². The van der Waals surface area contributed by atoms with E-state index in [9.17, 15) is 4.79 Å². The van der Waals surface area contributed by atoms with E-state index in [1.54, 1.807) is 25.3 Å². The normalized spacial score (nSPS) is 14.2. The van der Waals surface area contributed by atoms with Gasteiger partial charge in [0.2, 0.25) is 0 Å². The summed E-state index contributed by atoms with van der Waals surface area (Å²) in [6.45, 7) is 1.89. The van der Waals surface area contributed by atoms with Crippen molar-refractivity contribution in [1.82, 2.24) is 4.90 Å². The number of rotatable bonds is 3. The van der Waals surface area contributed by atoms with Gasteiger partial charge in [-0.1, -0.05) is 23.7 Å². The molecule has 4 nitrogen and oxygen atoms in total. The smallest absolute Gasteiger partial charge is 0.259 e. The number of ether oxygens (including phenoxy) is 1. The Morgan fingerprint density at radius 2 is 2.13 bits per heavy atom. The molecule has 1 amide bonds. The number of nitrogens with zero attached hydrogens (tertiary/aromatic N) is 1. The second kappa shape index (κ2) is 6.60. The van der Waals surface area contributed by atoms with Crippen molar-refractivity contribution in [3.63, 3.8) is 0 Å². The van der Waals surface area contributed by atoms with Gasteiger partial charge in [0, 0.05) is 23.8 Å². The van der Waals surface area contributed by atoms with E-state index in [0.29, 0.717) is 16.3 Å². The van der Waals surface area contributed by atoms with Crippen molar-refractivity contribution < 1.29 is 9.53 Å². The molecule has 5 heteroatoms. The zero-order chi connectivity index (χ0) is 16.4. The minimum Gasteiger partial charge on any atom is -0.496 e. The van der Waals surface area contributed by atoms with Gasteiger partial charge in [0.25, 0.3) is 5.91 Å². The van der Waals surface area contributed by atoms with Crippen LogP contribution in [-0.4, -0.2) is 31.5 Å². The summed E-state index contributed by atoms with van der Waals surface area (Å²) in [6, 6.07) is 11.1. The Morgan fingerprint density at radius 1 is 1.30 bits per heavy atom. The van der Waals surface area contributed by atoms with Crippen LogP contribution < -0.4 is 10.1 Å². The average Bonchev–Trinajstić information content (AvgIpc) is 2.54. The number of hydrogen-bond donors (Lipinski definition) is 1. The van der Waals surface area contributed by atoms with E-state index in [1.807, 2.05) is 12.1 Å². The van der Waals surface area contributed by atoms with E-state index in [4.69, 9.17) is 16.3 Å². The molecule has 2 aromatic rings. The number of methoxy groups -OCH3 is 1. The van der Waals surface area contributed by atoms with Crippen molar-refractivity contribution in [3.05, 3.63) is 58.1 Å². The third-order valence-electron chi connectivity index (χ3n) is 4.11. The van der Waals surface area contributed by atoms with Gasteiger partial charge in [-0.2, -0.15) is 0 Å². The van der Waals surface area contributed by atoms with Crippen LogP contribution in [-0.2, 0) is 13.0 Å². The van der Waals surface area contributed by atoms with Crippen molar-refractivity contribution in [2.24, 2.45) is 0 Å². The summed E-state index contributed by atoms with van der Waals surface area (Å²) in [5, 5.41) is 3.51. The van der Waals surface area contributed by atoms with Crippen LogP contribution in [0.3, 0.4) is 0 Å². The van der Waals surface area contributed by atoms with Gasteiger partial charge in [-0.3, -0.25) is 4.79 Å². The number of halogens is 1. The highest BCUT2D eigenvalue weighted by Gasteiger charge is 2.19. The molecule has 120 valence electrons. The average molecular weight is 331 g/mol. The SMILES string of the molecule is COc1ccc(Cl)cc1C(=O)Nc1cccc2c1CCN(C)C2. The highest BCUT2D eigenvalue weighted by atomic mass is 35.5. The molecule has 0 atom stereocenters. The zero-order valence-electron chi connectivity index (χ0n) is 13.2. The molecule has 0 spiro atoms. The first kappa shape index (κ1) is 15.8. The van der Waals surface area contributed by atoms with Gasteiger partial charge in [-0.05, 0) is 48.9 Å². The summed E-state index contributed by atoms with van der Waals surface area (Å²) in [6.07, 6.45) is 0.926. The predicted molar refractivity (Wildman–Crippen MR) is 92.4 cm³/mol. The predicted octanol–water partition coefficient (Wildman–Crippen LogP) is 3.59. The molecule has 0 radical (unpaired) electrons. The van der Waals surface area contributed by atoms with Crippen molar-refractivity contribution in [2.45, 2.75) is 13.0 Å². The minimum absolute atomic E-state index is 0.211. The van der Waals surface area contributed by atoms with Gasteiger partial charge in [-0.15, -0.1) is 0 Å². The molecule has 0 saturated heterocycles. The molecule has 1 heterocycles. The summed E-state index contributed by atoms with van der Waals surface area (Å²) in [7, 11) is 3.64. The Kier molecular flexibility index (Phi) is 4.55. The van der Waals surface area contributed by atoms with E-state index in [2.05, 4.69) is 23.3 Å². The first-order chi connectivity index (χ1) is 11.1. The van der Waals surface area contributed by atoms with Crippen LogP contribution in [0, 0.1) is 0 Å². The highest BCUT2D eigenvalue weighted by Crippen LogP contribution is 2.28. The molecule has 1 N–H and O–H groups in total. The first-order valence-electron chi connectivity index (χ1n) is 7.52. The molecule has 0 unspecified atom stereocenters. The number of nitrogens with one attached hydrogen (secondary N) is 1. The van der Waals surface area contributed by atoms with E-state index >= 15 is 0 Å². The Balaban J connectivity index is 1.90. The Labute approximate surface area is 141 Å². The molecular formula is C18H19ClN2O2. The van der Waals surface area contributed by atoms with Crippen molar-refractivity contribution in [2.75, 3.05) is 26.0 Å². The van der Waals surface area contributed by atoms with Gasteiger partial charge < -0.3 is 15.0 Å². The summed E-state index contributed by atoms with van der Waals surface area (Å²) in [5.41, 5.74) is 3.77. The van der Waals surface area contributed by atoms with E-state index in [0.717, 1.165) is 25.2 Å². The lowest BCUT2D eigenvalue weighted by Crippen LogP contribution is -2.27. The number of carbonyl (C=O) groups is 1. The lowest BCUT2D eigenvalue weighted by atomic mass is 9.98. The van der Waals surface area contributed by atoms with E-state index in [1.165, 1.54) is 11.1 Å². The van der Waals surface area contributed by atoms with Crippen LogP contribution in [0.4, 0.5) is 5.69 Å². The quantitative estimate of drug-likeness (QED) is 0.935. The molecule has 0 aromatic heterocycles. The van der Waals surface area contributed by atoms with Crippen LogP contribution >= 0.6 is 11.6 Å². The second-order valence-electron chi connectivity index (χ2n) is 5.73. The monoisotopic (exact) mass is 330 g/mol. The molecule has 0 saturated carbocycles. The van der Waals surface area contributed by atoms with Gasteiger partial charge >= 0.3 is 0 Å². The van der Waals surface area contributed by atoms with E-state index in [-0.39, 0.29) is 5.91 Å². The lowest BCUT2D eigenvalue weighted by Gasteiger charge is -2.26. The van der Waals surface area contributed by atoms with Crippen LogP contribution in [0.15, 0.2) is 36.4 Å². The number of carbonyl (C=O) groups excluding carboxylic acids is 1. The number of fused-ring (bicyclic) bond motifs is 1. The Hall–Kier alpha value is -2.04. The van der Waals surface area contributed by atoms with Gasteiger partial charge in [0.15, 0.2) is 0 Å². The number of hydrogen-bond acceptors (Lipinski definition) is 3. The van der Waals surface area contributed by atoms with Crippen LogP contribution in [0.5, 0.6) is 5.75 Å². The third kappa shape index (κ3) is 3.33. The molecule has 2 aromatic carbocycles. The Morgan fingerprint density at radius 3 is 2.91 bits per heavy atom. The topological polar surface area (TPSA) is 41.6 Å². The van der Waals surface area contributed by atoms with Gasteiger partial charge in [-0.25, -0.2) is 0 Å². The number of benzene rings is 2. The maximum Gasteiger partial charge on any atom is 0.259 e. The fourth-order valence-corrected chi connectivity index (χ4v) is 3.09. The number of likely N-dealkylation sites (N-methyl/N-ethyl adjacent to an activating group) is 1. The fraction of sp³-hybridized carbons (Fsp3) is 0.278. The summed E-state index contributed by atoms with van der Waals surface area (Å²) in [5.74, 6) is 0.299. The first-order valence-corrected chi connectivity index (χ1v) is 7.90. The maximum atomic E-state index is 12.6. The molecule has 1 aliphatic rings. The fourth-order valence-electron chi connectivity index (χ4n) is 2.91. The summed E-state index contributed by atoms with van der Waals surface area (Å²) in [4.78, 5) is 14.9. The largest absolute Gasteiger partial charge is 0.496 e. The Bertz CT molecular complexity index is 746. The van der Waals surface area contributed by atoms with Crippen LogP contribution in [0.2, 0.25) is 5.02 Å². The molecule has 0 aliphatic carbocycles. The van der Waals surface area contributed by atoms with Crippen molar-refractivity contribution >= 4 is 23.2 Å². The minimum atomic E-state index is -0.211. The van der Waals surface area contributed by atoms with Crippen molar-refractivity contribution in [1.29, 1.82) is 0 Å². The summed E-state index contributed by atoms with van der Waals surface area (Å²) >= 11 is 6.01. The van der Waals surface area contributed by atoms with Crippen molar-refractivity contribution in [3.8, 4) is 5.75 Å². The third-order valence-corrected chi connectivity index (χ3v) is 4.35. The van der Waals surface area contributed by atoms with Crippen LogP contribution in [0.25, 0.3) is 0 Å². The lowest BCUT2D eigenvalue weighted by molar-refractivity contribution is 0.102. The molecule has 0 fully saturated rings. The molecule has 3 rings (SSSR count). The molecule has 0 bridgehead atoms. The summed E-state index contributed by atoms with van der Waals surface area (Å²) < 4.78 is 5.26. The number of amides is 1. The zero-order valence-corrected chi connectivity index (χ0v) is 14.0. The second-order valence-corrected chi connectivity index (χ2v) is 6.17. The van der Waals surface area contributed by atoms with Crippen LogP contribution in [0.1, 0.15) is 21.5 Å². The highest BCUT2D eigenvalue weighted by molar-refractivity contribution is 6.31. The molecular weight excluding hydrogens is 312 g/mol. The maximum absolute atomic E-state index is 12.6.